The highest BCUT2D eigenvalue weighted by Crippen LogP contribution is 2.58. The molecule has 0 saturated heterocycles. The van der Waals surface area contributed by atoms with Gasteiger partial charge in [-0.2, -0.15) is 0 Å². The minimum atomic E-state index is -1.93. The summed E-state index contributed by atoms with van der Waals surface area (Å²) in [5, 5.41) is 27.4. The smallest absolute Gasteiger partial charge is 0.161 e. The van der Waals surface area contributed by atoms with Crippen molar-refractivity contribution in [3.8, 4) is 34.1 Å². The van der Waals surface area contributed by atoms with Gasteiger partial charge >= 0.3 is 0 Å². The Hall–Kier alpha value is -4.00. The second-order valence-electron chi connectivity index (χ2n) is 15.5. The zero-order chi connectivity index (χ0) is 39.6. The third-order valence-corrected chi connectivity index (χ3v) is 11.2. The lowest BCUT2D eigenvalue weighted by atomic mass is 9.60. The van der Waals surface area contributed by atoms with Crippen molar-refractivity contribution in [3.05, 3.63) is 107 Å². The average molecular weight is 765 g/mol. The summed E-state index contributed by atoms with van der Waals surface area (Å²) in [5.41, 5.74) is 0.131. The Morgan fingerprint density at radius 3 is 1.04 bits per heavy atom. The van der Waals surface area contributed by atoms with Crippen LogP contribution in [0.15, 0.2) is 84.9 Å². The third kappa shape index (κ3) is 10.1. The second-order valence-corrected chi connectivity index (χ2v) is 15.5. The van der Waals surface area contributed by atoms with Crippen LogP contribution in [-0.4, -0.2) is 36.6 Å². The maximum absolute atomic E-state index is 13.7. The van der Waals surface area contributed by atoms with Crippen LogP contribution in [0.5, 0.6) is 23.0 Å². The molecule has 6 nitrogen and oxygen atoms in total. The molecule has 6 heteroatoms. The van der Waals surface area contributed by atoms with E-state index in [4.69, 9.17) is 18.9 Å². The van der Waals surface area contributed by atoms with Crippen molar-refractivity contribution >= 4 is 0 Å². The van der Waals surface area contributed by atoms with E-state index < -0.39 is 11.2 Å². The Balaban J connectivity index is 1.63. The van der Waals surface area contributed by atoms with Gasteiger partial charge in [-0.25, -0.2) is 0 Å². The molecule has 0 saturated carbocycles. The highest BCUT2D eigenvalue weighted by Gasteiger charge is 2.58. The molecule has 0 unspecified atom stereocenters. The Bertz CT molecular complexity index is 1640. The molecule has 0 radical (unpaired) electrons. The quantitative estimate of drug-likeness (QED) is 0.0620. The van der Waals surface area contributed by atoms with Gasteiger partial charge in [0, 0.05) is 0 Å². The predicted octanol–water partition coefficient (Wildman–Crippen LogP) is 12.7. The van der Waals surface area contributed by atoms with Crippen molar-refractivity contribution in [2.75, 3.05) is 26.4 Å². The fraction of sp³-hybridized carbons (Fsp3) is 0.520. The van der Waals surface area contributed by atoms with Crippen molar-refractivity contribution in [1.82, 2.24) is 0 Å². The summed E-state index contributed by atoms with van der Waals surface area (Å²) in [4.78, 5) is 0. The first-order valence-electron chi connectivity index (χ1n) is 21.9. The van der Waals surface area contributed by atoms with E-state index in [1.54, 1.807) is 0 Å². The Morgan fingerprint density at radius 2 is 0.696 bits per heavy atom. The van der Waals surface area contributed by atoms with Crippen molar-refractivity contribution in [2.24, 2.45) is 0 Å². The Morgan fingerprint density at radius 1 is 0.375 bits per heavy atom. The SMILES string of the molecule is CCCCCCOc1ccc([C@@]2(O)c3ccccc3-c3ccccc3[C@@]2(O)c2ccc(OCCCCCC)c(OCCCCCC)c2)cc1OCCCCCC. The molecule has 0 spiro atoms. The third-order valence-electron chi connectivity index (χ3n) is 11.2. The fourth-order valence-corrected chi connectivity index (χ4v) is 7.96. The molecule has 304 valence electrons. The number of ether oxygens (including phenoxy) is 4. The van der Waals surface area contributed by atoms with Crippen LogP contribution < -0.4 is 18.9 Å². The number of rotatable bonds is 26. The van der Waals surface area contributed by atoms with Gasteiger partial charge in [0.2, 0.25) is 0 Å². The van der Waals surface area contributed by atoms with Crippen LogP contribution in [0.25, 0.3) is 11.1 Å². The molecule has 56 heavy (non-hydrogen) atoms. The highest BCUT2D eigenvalue weighted by atomic mass is 16.5. The maximum atomic E-state index is 13.7. The summed E-state index contributed by atoms with van der Waals surface area (Å²) >= 11 is 0. The van der Waals surface area contributed by atoms with Crippen molar-refractivity contribution < 1.29 is 29.2 Å². The summed E-state index contributed by atoms with van der Waals surface area (Å²) in [6.45, 7) is 11.1. The van der Waals surface area contributed by atoms with E-state index in [0.717, 1.165) is 101 Å². The largest absolute Gasteiger partial charge is 0.490 e. The lowest BCUT2D eigenvalue weighted by molar-refractivity contribution is -0.114. The van der Waals surface area contributed by atoms with E-state index in [2.05, 4.69) is 27.7 Å². The lowest BCUT2D eigenvalue weighted by Gasteiger charge is -2.49. The molecule has 4 aromatic rings. The average Bonchev–Trinajstić information content (AvgIpc) is 3.23. The van der Waals surface area contributed by atoms with Crippen LogP contribution in [0, 0.1) is 0 Å². The molecule has 2 N–H and O–H groups in total. The summed E-state index contributed by atoms with van der Waals surface area (Å²) in [6, 6.07) is 27.1. The van der Waals surface area contributed by atoms with Gasteiger partial charge in [-0.3, -0.25) is 0 Å². The summed E-state index contributed by atoms with van der Waals surface area (Å²) in [5.74, 6) is 2.45. The zero-order valence-corrected chi connectivity index (χ0v) is 34.8. The standard InChI is InChI=1S/C50H68O6/c1-5-9-13-21-33-53-45-31-29-39(37-47(45)55-35-23-15-11-7-3)49(51)43-27-19-17-25-41(43)42-26-18-20-28-44(42)50(49,52)40-30-32-46(54-34-22-14-10-6-2)48(38-40)56-36-24-16-12-8-4/h17-20,25-32,37-38,51-52H,5-16,21-24,33-36H2,1-4H3/t49-,50+. The Kier molecular flexibility index (Phi) is 17.0. The van der Waals surface area contributed by atoms with Crippen LogP contribution in [0.2, 0.25) is 0 Å². The number of hydrogen-bond acceptors (Lipinski definition) is 6. The first kappa shape index (κ1) is 43.1. The van der Waals surface area contributed by atoms with E-state index in [1.807, 2.05) is 84.9 Å². The molecule has 0 heterocycles. The van der Waals surface area contributed by atoms with E-state index in [9.17, 15) is 10.2 Å². The minimum Gasteiger partial charge on any atom is -0.490 e. The van der Waals surface area contributed by atoms with E-state index >= 15 is 0 Å². The number of fused-ring (bicyclic) bond motifs is 3. The lowest BCUT2D eigenvalue weighted by Crippen LogP contribution is -2.53. The van der Waals surface area contributed by atoms with Crippen LogP contribution >= 0.6 is 0 Å². The van der Waals surface area contributed by atoms with E-state index in [1.165, 1.54) is 12.8 Å². The number of hydrogen-bond donors (Lipinski definition) is 2. The maximum Gasteiger partial charge on any atom is 0.161 e. The molecule has 5 rings (SSSR count). The van der Waals surface area contributed by atoms with Crippen LogP contribution in [0.4, 0.5) is 0 Å². The van der Waals surface area contributed by atoms with Crippen LogP contribution in [0.3, 0.4) is 0 Å². The number of unbranched alkanes of at least 4 members (excludes halogenated alkanes) is 12. The van der Waals surface area contributed by atoms with E-state index in [-0.39, 0.29) is 0 Å². The van der Waals surface area contributed by atoms with Crippen molar-refractivity contribution in [2.45, 2.75) is 142 Å². The second kappa shape index (κ2) is 22.1. The van der Waals surface area contributed by atoms with Gasteiger partial charge in [0.25, 0.3) is 0 Å². The first-order chi connectivity index (χ1) is 27.4. The van der Waals surface area contributed by atoms with Crippen LogP contribution in [0.1, 0.15) is 153 Å². The monoisotopic (exact) mass is 765 g/mol. The van der Waals surface area contributed by atoms with Gasteiger partial charge in [-0.05, 0) is 83.3 Å². The molecular weight excluding hydrogens is 697 g/mol. The molecular formula is C50H68O6. The molecule has 0 amide bonds. The summed E-state index contributed by atoms with van der Waals surface area (Å²) in [7, 11) is 0. The summed E-state index contributed by atoms with van der Waals surface area (Å²) < 4.78 is 25.7. The van der Waals surface area contributed by atoms with Crippen molar-refractivity contribution in [1.29, 1.82) is 0 Å². The normalized spacial score (nSPS) is 17.2. The number of benzene rings is 4. The highest BCUT2D eigenvalue weighted by molar-refractivity contribution is 5.80. The molecule has 2 atom stereocenters. The molecule has 4 aromatic carbocycles. The minimum absolute atomic E-state index is 0.516. The van der Waals surface area contributed by atoms with Gasteiger partial charge in [0.15, 0.2) is 34.2 Å². The van der Waals surface area contributed by atoms with Crippen molar-refractivity contribution in [3.63, 3.8) is 0 Å². The summed E-state index contributed by atoms with van der Waals surface area (Å²) in [6.07, 6.45) is 17.4. The van der Waals surface area contributed by atoms with Gasteiger partial charge < -0.3 is 29.2 Å². The van der Waals surface area contributed by atoms with Crippen LogP contribution in [-0.2, 0) is 11.2 Å². The molecule has 0 aliphatic heterocycles. The van der Waals surface area contributed by atoms with Gasteiger partial charge in [-0.1, -0.05) is 165 Å². The Labute approximate surface area is 337 Å². The molecule has 0 aromatic heterocycles. The fourth-order valence-electron chi connectivity index (χ4n) is 7.96. The molecule has 0 bridgehead atoms. The molecule has 1 aliphatic carbocycles. The van der Waals surface area contributed by atoms with Gasteiger partial charge in [0.05, 0.1) is 26.4 Å². The first-order valence-corrected chi connectivity index (χ1v) is 21.9. The predicted molar refractivity (Wildman–Crippen MR) is 229 cm³/mol. The van der Waals surface area contributed by atoms with Gasteiger partial charge in [0.1, 0.15) is 0 Å². The number of aliphatic hydroxyl groups is 2. The topological polar surface area (TPSA) is 77.4 Å². The van der Waals surface area contributed by atoms with E-state index in [0.29, 0.717) is 71.7 Å². The zero-order valence-electron chi connectivity index (χ0n) is 34.8. The van der Waals surface area contributed by atoms with Gasteiger partial charge in [-0.15, -0.1) is 0 Å². The molecule has 1 aliphatic rings. The molecule has 0 fully saturated rings.